The monoisotopic (exact) mass is 251 g/mol. The molecule has 1 aromatic rings. The summed E-state index contributed by atoms with van der Waals surface area (Å²) < 4.78 is 0. The van der Waals surface area contributed by atoms with Crippen LogP contribution in [0.5, 0.6) is 0 Å². The van der Waals surface area contributed by atoms with Crippen molar-refractivity contribution in [2.24, 2.45) is 0 Å². The van der Waals surface area contributed by atoms with Crippen LogP contribution in [0.25, 0.3) is 0 Å². The third-order valence-electron chi connectivity index (χ3n) is 2.88. The van der Waals surface area contributed by atoms with Gasteiger partial charge in [-0.2, -0.15) is 0 Å². The summed E-state index contributed by atoms with van der Waals surface area (Å²) in [6, 6.07) is 7.76. The van der Waals surface area contributed by atoms with Crippen LogP contribution in [0.15, 0.2) is 29.2 Å². The van der Waals surface area contributed by atoms with Crippen LogP contribution in [-0.4, -0.2) is 22.4 Å². The van der Waals surface area contributed by atoms with Crippen LogP contribution in [-0.2, 0) is 4.79 Å². The molecule has 2 atom stereocenters. The quantitative estimate of drug-likeness (QED) is 0.868. The first-order valence-corrected chi connectivity index (χ1v) is 6.75. The zero-order valence-corrected chi connectivity index (χ0v) is 10.7. The van der Waals surface area contributed by atoms with Crippen LogP contribution in [0.2, 0.25) is 0 Å². The topological polar surface area (TPSA) is 49.3 Å². The van der Waals surface area contributed by atoms with Crippen molar-refractivity contribution in [1.82, 2.24) is 0 Å². The minimum absolute atomic E-state index is 0.0587. The number of hydrogen-bond donors (Lipinski definition) is 2. The Labute approximate surface area is 106 Å². The lowest BCUT2D eigenvalue weighted by molar-refractivity contribution is -0.114. The van der Waals surface area contributed by atoms with Crippen molar-refractivity contribution >= 4 is 23.4 Å². The number of aliphatic hydroxyl groups is 1. The lowest BCUT2D eigenvalue weighted by Crippen LogP contribution is -2.14. The molecule has 1 saturated carbocycles. The van der Waals surface area contributed by atoms with Gasteiger partial charge in [-0.25, -0.2) is 0 Å². The van der Waals surface area contributed by atoms with Gasteiger partial charge in [0.05, 0.1) is 6.10 Å². The summed E-state index contributed by atoms with van der Waals surface area (Å²) in [6.45, 7) is 1.50. The van der Waals surface area contributed by atoms with Crippen molar-refractivity contribution in [1.29, 1.82) is 0 Å². The molecule has 0 radical (unpaired) electrons. The highest BCUT2D eigenvalue weighted by Gasteiger charge is 2.25. The number of benzene rings is 1. The molecular weight excluding hydrogens is 234 g/mol. The summed E-state index contributed by atoms with van der Waals surface area (Å²) in [5.74, 6) is -0.0587. The van der Waals surface area contributed by atoms with Crippen LogP contribution < -0.4 is 5.32 Å². The lowest BCUT2D eigenvalue weighted by Gasteiger charge is -2.13. The molecule has 92 valence electrons. The van der Waals surface area contributed by atoms with E-state index in [4.69, 9.17) is 0 Å². The second-order valence-electron chi connectivity index (χ2n) is 4.36. The molecule has 1 amide bonds. The standard InChI is InChI=1S/C13H17NO2S/c1-9(15)14-10-5-7-11(8-6-10)17-13-4-2-3-12(13)16/h5-8,12-13,16H,2-4H2,1H3,(H,14,15). The van der Waals surface area contributed by atoms with E-state index in [0.717, 1.165) is 29.8 Å². The van der Waals surface area contributed by atoms with E-state index in [0.29, 0.717) is 5.25 Å². The molecule has 0 spiro atoms. The molecule has 0 aromatic heterocycles. The maximum atomic E-state index is 10.9. The summed E-state index contributed by atoms with van der Waals surface area (Å²) in [6.07, 6.45) is 2.94. The first-order valence-electron chi connectivity index (χ1n) is 5.87. The van der Waals surface area contributed by atoms with Gasteiger partial charge in [-0.15, -0.1) is 11.8 Å². The fraction of sp³-hybridized carbons (Fsp3) is 0.462. The SMILES string of the molecule is CC(=O)Nc1ccc(SC2CCCC2O)cc1. The summed E-state index contributed by atoms with van der Waals surface area (Å²) >= 11 is 1.72. The molecular formula is C13H17NO2S. The maximum Gasteiger partial charge on any atom is 0.221 e. The van der Waals surface area contributed by atoms with Crippen LogP contribution in [0.1, 0.15) is 26.2 Å². The number of thioether (sulfide) groups is 1. The predicted octanol–water partition coefficient (Wildman–Crippen LogP) is 2.65. The van der Waals surface area contributed by atoms with E-state index in [2.05, 4.69) is 5.32 Å². The molecule has 4 heteroatoms. The van der Waals surface area contributed by atoms with Gasteiger partial charge in [0.15, 0.2) is 0 Å². The number of anilines is 1. The highest BCUT2D eigenvalue weighted by Crippen LogP contribution is 2.35. The number of amides is 1. The number of nitrogens with one attached hydrogen (secondary N) is 1. The predicted molar refractivity (Wildman–Crippen MR) is 70.2 cm³/mol. The van der Waals surface area contributed by atoms with Gasteiger partial charge in [0.1, 0.15) is 0 Å². The van der Waals surface area contributed by atoms with E-state index in [1.807, 2.05) is 24.3 Å². The van der Waals surface area contributed by atoms with Crippen molar-refractivity contribution in [3.63, 3.8) is 0 Å². The molecule has 17 heavy (non-hydrogen) atoms. The van der Waals surface area contributed by atoms with Crippen molar-refractivity contribution in [2.45, 2.75) is 42.4 Å². The Morgan fingerprint density at radius 3 is 2.59 bits per heavy atom. The molecule has 2 rings (SSSR count). The molecule has 1 aromatic carbocycles. The second kappa shape index (κ2) is 5.56. The maximum absolute atomic E-state index is 10.9. The van der Waals surface area contributed by atoms with Crippen molar-refractivity contribution in [2.75, 3.05) is 5.32 Å². The van der Waals surface area contributed by atoms with Crippen LogP contribution in [0.4, 0.5) is 5.69 Å². The first kappa shape index (κ1) is 12.5. The van der Waals surface area contributed by atoms with Crippen LogP contribution >= 0.6 is 11.8 Å². The van der Waals surface area contributed by atoms with E-state index in [1.165, 1.54) is 6.92 Å². The summed E-state index contributed by atoms with van der Waals surface area (Å²) in [5.41, 5.74) is 0.814. The third kappa shape index (κ3) is 3.48. The van der Waals surface area contributed by atoms with Crippen molar-refractivity contribution < 1.29 is 9.90 Å². The summed E-state index contributed by atoms with van der Waals surface area (Å²) in [5, 5.41) is 12.8. The molecule has 1 fully saturated rings. The third-order valence-corrected chi connectivity index (χ3v) is 4.28. The Kier molecular flexibility index (Phi) is 4.07. The Morgan fingerprint density at radius 1 is 1.35 bits per heavy atom. The molecule has 3 nitrogen and oxygen atoms in total. The summed E-state index contributed by atoms with van der Waals surface area (Å²) in [7, 11) is 0. The van der Waals surface area contributed by atoms with Gasteiger partial charge < -0.3 is 10.4 Å². The highest BCUT2D eigenvalue weighted by molar-refractivity contribution is 8.00. The zero-order valence-electron chi connectivity index (χ0n) is 9.85. The van der Waals surface area contributed by atoms with Gasteiger partial charge in [0, 0.05) is 22.8 Å². The number of carbonyl (C=O) groups excluding carboxylic acids is 1. The lowest BCUT2D eigenvalue weighted by atomic mass is 10.3. The van der Waals surface area contributed by atoms with Gasteiger partial charge in [0.25, 0.3) is 0 Å². The summed E-state index contributed by atoms with van der Waals surface area (Å²) in [4.78, 5) is 12.0. The van der Waals surface area contributed by atoms with Crippen LogP contribution in [0, 0.1) is 0 Å². The van der Waals surface area contributed by atoms with Crippen molar-refractivity contribution in [3.05, 3.63) is 24.3 Å². The van der Waals surface area contributed by atoms with E-state index in [-0.39, 0.29) is 12.0 Å². The van der Waals surface area contributed by atoms with Crippen LogP contribution in [0.3, 0.4) is 0 Å². The fourth-order valence-electron chi connectivity index (χ4n) is 2.04. The van der Waals surface area contributed by atoms with E-state index < -0.39 is 0 Å². The first-order chi connectivity index (χ1) is 8.15. The molecule has 1 aliphatic rings. The number of aliphatic hydroxyl groups excluding tert-OH is 1. The van der Waals surface area contributed by atoms with Gasteiger partial charge in [-0.3, -0.25) is 4.79 Å². The minimum atomic E-state index is -0.171. The van der Waals surface area contributed by atoms with E-state index >= 15 is 0 Å². The average Bonchev–Trinajstić information content (AvgIpc) is 2.67. The van der Waals surface area contributed by atoms with Crippen molar-refractivity contribution in [3.8, 4) is 0 Å². The number of rotatable bonds is 3. The van der Waals surface area contributed by atoms with E-state index in [9.17, 15) is 9.90 Å². The van der Waals surface area contributed by atoms with Gasteiger partial charge in [-0.05, 0) is 43.5 Å². The Balaban J connectivity index is 1.95. The molecule has 1 aliphatic carbocycles. The Morgan fingerprint density at radius 2 is 2.06 bits per heavy atom. The largest absolute Gasteiger partial charge is 0.392 e. The Hall–Kier alpha value is -1.00. The average molecular weight is 251 g/mol. The van der Waals surface area contributed by atoms with Gasteiger partial charge in [-0.1, -0.05) is 0 Å². The Bertz CT molecular complexity index is 391. The van der Waals surface area contributed by atoms with Gasteiger partial charge in [0.2, 0.25) is 5.91 Å². The molecule has 0 saturated heterocycles. The zero-order chi connectivity index (χ0) is 12.3. The smallest absolute Gasteiger partial charge is 0.221 e. The molecule has 2 unspecified atom stereocenters. The molecule has 0 bridgehead atoms. The molecule has 2 N–H and O–H groups in total. The normalized spacial score (nSPS) is 23.6. The molecule has 0 heterocycles. The second-order valence-corrected chi connectivity index (χ2v) is 5.67. The molecule has 0 aliphatic heterocycles. The van der Waals surface area contributed by atoms with Gasteiger partial charge >= 0.3 is 0 Å². The number of carbonyl (C=O) groups is 1. The minimum Gasteiger partial charge on any atom is -0.392 e. The fourth-order valence-corrected chi connectivity index (χ4v) is 3.26. The van der Waals surface area contributed by atoms with E-state index in [1.54, 1.807) is 11.8 Å². The number of hydrogen-bond acceptors (Lipinski definition) is 3. The highest BCUT2D eigenvalue weighted by atomic mass is 32.2.